The second-order valence-electron chi connectivity index (χ2n) is 5.64. The normalized spacial score (nSPS) is 14.0. The highest BCUT2D eigenvalue weighted by atomic mass is 16.1. The van der Waals surface area contributed by atoms with E-state index in [9.17, 15) is 9.59 Å². The summed E-state index contributed by atoms with van der Waals surface area (Å²) in [6, 6.07) is 5.62. The molecule has 0 aliphatic rings. The third kappa shape index (κ3) is 3.35. The Morgan fingerprint density at radius 1 is 1.10 bits per heavy atom. The molecule has 2 atom stereocenters. The molecule has 0 aliphatic heterocycles. The second kappa shape index (κ2) is 6.61. The zero-order valence-electron chi connectivity index (χ0n) is 12.8. The molecule has 0 saturated carbocycles. The van der Waals surface area contributed by atoms with Crippen molar-refractivity contribution < 1.29 is 0 Å². The van der Waals surface area contributed by atoms with E-state index in [2.05, 4.69) is 36.3 Å². The average Bonchev–Trinajstić information content (AvgIpc) is 2.50. The highest BCUT2D eigenvalue weighted by molar-refractivity contribution is 5.92. The van der Waals surface area contributed by atoms with Crippen LogP contribution in [-0.2, 0) is 0 Å². The van der Waals surface area contributed by atoms with E-state index < -0.39 is 0 Å². The molecule has 3 N–H and O–H groups in total. The van der Waals surface area contributed by atoms with Gasteiger partial charge in [0.2, 0.25) is 0 Å². The molecular weight excluding hydrogens is 266 g/mol. The minimum Gasteiger partial charge on any atom is -0.382 e. The first-order chi connectivity index (χ1) is 10.1. The van der Waals surface area contributed by atoms with Crippen LogP contribution in [0.3, 0.4) is 0 Å². The van der Waals surface area contributed by atoms with Gasteiger partial charge in [0, 0.05) is 11.7 Å². The quantitative estimate of drug-likeness (QED) is 0.765. The number of nitrogens with one attached hydrogen (secondary N) is 3. The molecule has 1 aromatic heterocycles. The smallest absolute Gasteiger partial charge is 0.272 e. The Hall–Kier alpha value is -2.04. The van der Waals surface area contributed by atoms with Crippen LogP contribution >= 0.6 is 0 Å². The van der Waals surface area contributed by atoms with E-state index in [1.165, 1.54) is 0 Å². The lowest BCUT2D eigenvalue weighted by molar-refractivity contribution is 0.462. The van der Waals surface area contributed by atoms with Gasteiger partial charge in [-0.15, -0.1) is 0 Å². The van der Waals surface area contributed by atoms with Crippen LogP contribution in [0.1, 0.15) is 40.0 Å². The van der Waals surface area contributed by atoms with Crippen LogP contribution in [0.15, 0.2) is 27.8 Å². The van der Waals surface area contributed by atoms with Gasteiger partial charge in [0.15, 0.2) is 0 Å². The van der Waals surface area contributed by atoms with Crippen LogP contribution in [0.5, 0.6) is 0 Å². The molecule has 5 heteroatoms. The maximum Gasteiger partial charge on any atom is 0.272 e. The molecule has 2 aromatic rings. The molecule has 0 amide bonds. The fourth-order valence-electron chi connectivity index (χ4n) is 2.55. The molecule has 0 spiro atoms. The number of hydrogen-bond acceptors (Lipinski definition) is 3. The molecule has 21 heavy (non-hydrogen) atoms. The van der Waals surface area contributed by atoms with Gasteiger partial charge in [-0.1, -0.05) is 33.3 Å². The Morgan fingerprint density at radius 3 is 2.48 bits per heavy atom. The van der Waals surface area contributed by atoms with E-state index in [1.54, 1.807) is 12.1 Å². The van der Waals surface area contributed by atoms with Crippen LogP contribution in [0.4, 0.5) is 5.69 Å². The first-order valence-electron chi connectivity index (χ1n) is 7.57. The summed E-state index contributed by atoms with van der Waals surface area (Å²) >= 11 is 0. The standard InChI is InChI=1S/C16H23N3O2/c1-4-10(3)9-11(5-2)17-13-8-6-7-12-14(13)16(21)19-18-15(12)20/h6-8,10-11,17H,4-5,9H2,1-3H3,(H,18,20)(H,19,21). The third-order valence-corrected chi connectivity index (χ3v) is 4.06. The van der Waals surface area contributed by atoms with E-state index in [4.69, 9.17) is 0 Å². The van der Waals surface area contributed by atoms with E-state index >= 15 is 0 Å². The summed E-state index contributed by atoms with van der Waals surface area (Å²) in [6.45, 7) is 6.53. The fourth-order valence-corrected chi connectivity index (χ4v) is 2.55. The van der Waals surface area contributed by atoms with Gasteiger partial charge >= 0.3 is 0 Å². The fraction of sp³-hybridized carbons (Fsp3) is 0.500. The van der Waals surface area contributed by atoms with E-state index in [0.29, 0.717) is 22.7 Å². The van der Waals surface area contributed by atoms with Gasteiger partial charge in [-0.05, 0) is 30.9 Å². The number of fused-ring (bicyclic) bond motifs is 1. The van der Waals surface area contributed by atoms with Crippen molar-refractivity contribution >= 4 is 16.5 Å². The highest BCUT2D eigenvalue weighted by Gasteiger charge is 2.14. The van der Waals surface area contributed by atoms with Crippen molar-refractivity contribution in [2.24, 2.45) is 5.92 Å². The summed E-state index contributed by atoms with van der Waals surface area (Å²) in [5.74, 6) is 0.624. The number of anilines is 1. The largest absolute Gasteiger partial charge is 0.382 e. The Bertz CT molecular complexity index is 717. The minimum atomic E-state index is -0.275. The number of H-pyrrole nitrogens is 2. The number of aromatic nitrogens is 2. The zero-order valence-corrected chi connectivity index (χ0v) is 12.8. The van der Waals surface area contributed by atoms with E-state index in [1.807, 2.05) is 6.07 Å². The first kappa shape index (κ1) is 15.4. The van der Waals surface area contributed by atoms with Crippen molar-refractivity contribution in [3.05, 3.63) is 38.9 Å². The Morgan fingerprint density at radius 2 is 1.81 bits per heavy atom. The number of rotatable bonds is 6. The molecule has 0 fully saturated rings. The van der Waals surface area contributed by atoms with Crippen molar-refractivity contribution in [2.45, 2.75) is 46.1 Å². The molecule has 5 nitrogen and oxygen atoms in total. The summed E-state index contributed by atoms with van der Waals surface area (Å²) < 4.78 is 0. The predicted molar refractivity (Wildman–Crippen MR) is 87.0 cm³/mol. The topological polar surface area (TPSA) is 77.8 Å². The number of hydrogen-bond donors (Lipinski definition) is 3. The average molecular weight is 289 g/mol. The summed E-state index contributed by atoms with van der Waals surface area (Å²) in [5.41, 5.74) is 0.185. The summed E-state index contributed by atoms with van der Waals surface area (Å²) in [5, 5.41) is 9.04. The van der Waals surface area contributed by atoms with Crippen LogP contribution < -0.4 is 16.4 Å². The Kier molecular flexibility index (Phi) is 4.83. The van der Waals surface area contributed by atoms with Gasteiger partial charge in [0.1, 0.15) is 0 Å². The van der Waals surface area contributed by atoms with Crippen molar-refractivity contribution in [2.75, 3.05) is 5.32 Å². The van der Waals surface area contributed by atoms with Crippen molar-refractivity contribution in [1.82, 2.24) is 10.2 Å². The van der Waals surface area contributed by atoms with Gasteiger partial charge in [0.05, 0.1) is 10.8 Å². The van der Waals surface area contributed by atoms with Crippen molar-refractivity contribution in [3.8, 4) is 0 Å². The lowest BCUT2D eigenvalue weighted by atomic mass is 9.97. The lowest BCUT2D eigenvalue weighted by Crippen LogP contribution is -2.24. The van der Waals surface area contributed by atoms with Gasteiger partial charge in [-0.25, -0.2) is 0 Å². The SMILES string of the molecule is CCC(C)CC(CC)Nc1cccc2c(=O)[nH][nH]c(=O)c12. The second-order valence-corrected chi connectivity index (χ2v) is 5.64. The molecule has 0 bridgehead atoms. The highest BCUT2D eigenvalue weighted by Crippen LogP contribution is 2.21. The lowest BCUT2D eigenvalue weighted by Gasteiger charge is -2.22. The van der Waals surface area contributed by atoms with Crippen LogP contribution in [0.2, 0.25) is 0 Å². The molecule has 114 valence electrons. The van der Waals surface area contributed by atoms with E-state index in [-0.39, 0.29) is 11.1 Å². The molecule has 2 rings (SSSR count). The number of benzene rings is 1. The summed E-state index contributed by atoms with van der Waals surface area (Å²) in [6.07, 6.45) is 3.15. The van der Waals surface area contributed by atoms with Crippen molar-refractivity contribution in [3.63, 3.8) is 0 Å². The van der Waals surface area contributed by atoms with E-state index in [0.717, 1.165) is 24.9 Å². The molecule has 0 radical (unpaired) electrons. The molecule has 1 aromatic carbocycles. The predicted octanol–water partition coefficient (Wildman–Crippen LogP) is 2.84. The minimum absolute atomic E-state index is 0.272. The van der Waals surface area contributed by atoms with Gasteiger partial charge in [0.25, 0.3) is 11.1 Å². The maximum atomic E-state index is 12.0. The molecule has 2 unspecified atom stereocenters. The van der Waals surface area contributed by atoms with Crippen molar-refractivity contribution in [1.29, 1.82) is 0 Å². The molecule has 0 saturated heterocycles. The van der Waals surface area contributed by atoms with Crippen LogP contribution in [0, 0.1) is 5.92 Å². The first-order valence-corrected chi connectivity index (χ1v) is 7.57. The Balaban J connectivity index is 2.40. The summed E-state index contributed by atoms with van der Waals surface area (Å²) in [4.78, 5) is 23.8. The Labute approximate surface area is 123 Å². The molecule has 1 heterocycles. The monoisotopic (exact) mass is 289 g/mol. The third-order valence-electron chi connectivity index (χ3n) is 4.06. The van der Waals surface area contributed by atoms with Gasteiger partial charge in [-0.3, -0.25) is 19.8 Å². The zero-order chi connectivity index (χ0) is 15.4. The van der Waals surface area contributed by atoms with Gasteiger partial charge < -0.3 is 5.32 Å². The summed E-state index contributed by atoms with van der Waals surface area (Å²) in [7, 11) is 0. The molecule has 0 aliphatic carbocycles. The van der Waals surface area contributed by atoms with Crippen LogP contribution in [0.25, 0.3) is 10.8 Å². The van der Waals surface area contributed by atoms with Gasteiger partial charge in [-0.2, -0.15) is 0 Å². The maximum absolute atomic E-state index is 12.0. The molecular formula is C16H23N3O2. The van der Waals surface area contributed by atoms with Crippen LogP contribution in [-0.4, -0.2) is 16.2 Å². The number of aromatic amines is 2.